The molecule has 1 heterocycles. The maximum absolute atomic E-state index is 9.88. The molecule has 1 aromatic rings. The highest BCUT2D eigenvalue weighted by Gasteiger charge is 2.32. The molecule has 0 saturated heterocycles. The van der Waals surface area contributed by atoms with Gasteiger partial charge in [-0.05, 0) is 19.3 Å². The number of unbranched alkanes of at least 4 members (excludes halogenated alkanes) is 9. The summed E-state index contributed by atoms with van der Waals surface area (Å²) in [4.78, 5) is 0. The van der Waals surface area contributed by atoms with Crippen molar-refractivity contribution in [3.05, 3.63) is 30.6 Å². The largest absolute Gasteiger partial charge is 1.00 e. The van der Waals surface area contributed by atoms with Gasteiger partial charge < -0.3 is 18.1 Å². The first kappa shape index (κ1) is 31.0. The van der Waals surface area contributed by atoms with E-state index in [9.17, 15) is 5.26 Å². The molecule has 0 aromatic carbocycles. The Morgan fingerprint density at radius 2 is 1.44 bits per heavy atom. The zero-order valence-electron chi connectivity index (χ0n) is 20.3. The molecule has 0 fully saturated rings. The summed E-state index contributed by atoms with van der Waals surface area (Å²) in [7, 11) is 0. The molecule has 0 amide bonds. The molecule has 184 valence electrons. The Bertz CT molecular complexity index is 579. The molecule has 0 spiro atoms. The van der Waals surface area contributed by atoms with Crippen LogP contribution < -0.4 is 28.2 Å². The van der Waals surface area contributed by atoms with E-state index in [0.29, 0.717) is 0 Å². The third-order valence-corrected chi connectivity index (χ3v) is 6.56. The summed E-state index contributed by atoms with van der Waals surface area (Å²) in [6.45, 7) is 4.42. The summed E-state index contributed by atoms with van der Waals surface area (Å²) in [6.07, 6.45) is 20.6. The number of alkyl halides is 1. The van der Waals surface area contributed by atoms with E-state index in [1.165, 1.54) is 57.8 Å². The first-order valence-electron chi connectivity index (χ1n) is 12.6. The zero-order valence-corrected chi connectivity index (χ0v) is 21.8. The van der Waals surface area contributed by atoms with Gasteiger partial charge in [0.25, 0.3) is 0 Å². The SMILES string of the molecule is CCCCCCCCCCCC(N)CC(N[n+]1ccccc1)C(C#N)C(Cl)CCCC.[Cl-]. The van der Waals surface area contributed by atoms with Crippen molar-refractivity contribution in [2.24, 2.45) is 11.7 Å². The average Bonchev–Trinajstić information content (AvgIpc) is 2.77. The zero-order chi connectivity index (χ0) is 22.7. The van der Waals surface area contributed by atoms with Gasteiger partial charge in [-0.1, -0.05) is 95.2 Å². The van der Waals surface area contributed by atoms with Gasteiger partial charge in [0.1, 0.15) is 0 Å². The van der Waals surface area contributed by atoms with Crippen molar-refractivity contribution in [3.63, 3.8) is 0 Å². The third kappa shape index (κ3) is 14.2. The fourth-order valence-electron chi connectivity index (χ4n) is 4.12. The minimum absolute atomic E-state index is 0. The lowest BCUT2D eigenvalue weighted by Gasteiger charge is -2.26. The van der Waals surface area contributed by atoms with Gasteiger partial charge >= 0.3 is 0 Å². The number of nitrogens with zero attached hydrogens (tertiary/aromatic N) is 2. The van der Waals surface area contributed by atoms with Crippen molar-refractivity contribution in [2.75, 3.05) is 5.43 Å². The molecule has 1 rings (SSSR count). The molecule has 4 atom stereocenters. The number of rotatable bonds is 19. The first-order chi connectivity index (χ1) is 15.1. The van der Waals surface area contributed by atoms with Crippen molar-refractivity contribution in [1.82, 2.24) is 0 Å². The molecule has 0 aliphatic rings. The molecule has 0 bridgehead atoms. The topological polar surface area (TPSA) is 65.7 Å². The van der Waals surface area contributed by atoms with E-state index in [0.717, 1.165) is 32.1 Å². The first-order valence-corrected chi connectivity index (χ1v) is 13.1. The molecule has 4 nitrogen and oxygen atoms in total. The molecule has 3 N–H and O–H groups in total. The number of nitriles is 1. The van der Waals surface area contributed by atoms with Crippen molar-refractivity contribution in [2.45, 2.75) is 121 Å². The Hall–Kier alpha value is -1.02. The summed E-state index contributed by atoms with van der Waals surface area (Å²) >= 11 is 6.66. The number of nitrogens with one attached hydrogen (secondary N) is 1. The van der Waals surface area contributed by atoms with Crippen molar-refractivity contribution < 1.29 is 17.1 Å². The molecule has 6 heteroatoms. The van der Waals surface area contributed by atoms with Gasteiger partial charge in [0.2, 0.25) is 0 Å². The van der Waals surface area contributed by atoms with Crippen molar-refractivity contribution in [1.29, 1.82) is 5.26 Å². The highest BCUT2D eigenvalue weighted by molar-refractivity contribution is 6.21. The lowest BCUT2D eigenvalue weighted by Crippen LogP contribution is -3.00. The summed E-state index contributed by atoms with van der Waals surface area (Å²) in [5.41, 5.74) is 10.00. The minimum Gasteiger partial charge on any atom is -1.00 e. The van der Waals surface area contributed by atoms with Crippen LogP contribution in [0.4, 0.5) is 0 Å². The van der Waals surface area contributed by atoms with E-state index in [4.69, 9.17) is 17.3 Å². The Labute approximate surface area is 208 Å². The van der Waals surface area contributed by atoms with E-state index < -0.39 is 0 Å². The molecule has 32 heavy (non-hydrogen) atoms. The normalized spacial score (nSPS) is 14.6. The van der Waals surface area contributed by atoms with Crippen LogP contribution in [0.2, 0.25) is 0 Å². The highest BCUT2D eigenvalue weighted by atomic mass is 35.5. The van der Waals surface area contributed by atoms with Crippen molar-refractivity contribution >= 4 is 11.6 Å². The molecule has 0 saturated carbocycles. The third-order valence-electron chi connectivity index (χ3n) is 6.07. The van der Waals surface area contributed by atoms with Crippen LogP contribution in [0.25, 0.3) is 0 Å². The predicted molar refractivity (Wildman–Crippen MR) is 132 cm³/mol. The number of hydrogen-bond acceptors (Lipinski definition) is 3. The van der Waals surface area contributed by atoms with Gasteiger partial charge in [-0.15, -0.1) is 11.6 Å². The standard InChI is InChI=1S/C26H46ClN4.ClH/c1-3-5-7-8-9-10-11-12-14-17-23(29)21-26(30-31-19-15-13-16-20-31)24(22-28)25(27)18-6-4-2;/h13,15-16,19-20,23-26,30H,3-12,14,17-18,21,29H2,1-2H3;1H/q+1;/p-1. The molecular formula is C26H46Cl2N4. The number of pyridine rings is 1. The Balaban J connectivity index is 0.00000961. The number of nitrogens with two attached hydrogens (primary N) is 1. The minimum atomic E-state index is -0.268. The fourth-order valence-corrected chi connectivity index (χ4v) is 4.50. The van der Waals surface area contributed by atoms with Crippen molar-refractivity contribution in [3.8, 4) is 6.07 Å². The van der Waals surface area contributed by atoms with Crippen LogP contribution in [-0.2, 0) is 0 Å². The second kappa shape index (κ2) is 20.6. The highest BCUT2D eigenvalue weighted by Crippen LogP contribution is 2.24. The van der Waals surface area contributed by atoms with E-state index in [1.54, 1.807) is 0 Å². The second-order valence-electron chi connectivity index (χ2n) is 8.94. The van der Waals surface area contributed by atoms with E-state index in [1.807, 2.05) is 35.3 Å². The maximum Gasteiger partial charge on any atom is 0.199 e. The summed E-state index contributed by atoms with van der Waals surface area (Å²) in [5, 5.41) is 9.72. The average molecular weight is 486 g/mol. The maximum atomic E-state index is 9.88. The van der Waals surface area contributed by atoms with Crippen LogP contribution in [0.3, 0.4) is 0 Å². The van der Waals surface area contributed by atoms with Gasteiger partial charge in [-0.3, -0.25) is 0 Å². The lowest BCUT2D eigenvalue weighted by atomic mass is 9.89. The van der Waals surface area contributed by atoms with Gasteiger partial charge in [0, 0.05) is 18.2 Å². The number of hydrogen-bond donors (Lipinski definition) is 2. The second-order valence-corrected chi connectivity index (χ2v) is 9.50. The summed E-state index contributed by atoms with van der Waals surface area (Å²) in [6, 6.07) is 8.43. The van der Waals surface area contributed by atoms with E-state index in [-0.39, 0.29) is 35.8 Å². The molecule has 4 unspecified atom stereocenters. The Kier molecular flexibility index (Phi) is 19.9. The van der Waals surface area contributed by atoms with Crippen LogP contribution in [0.5, 0.6) is 0 Å². The monoisotopic (exact) mass is 484 g/mol. The van der Waals surface area contributed by atoms with Crippen LogP contribution in [0.1, 0.15) is 104 Å². The van der Waals surface area contributed by atoms with Crippen LogP contribution in [0.15, 0.2) is 30.6 Å². The van der Waals surface area contributed by atoms with Crippen LogP contribution in [-0.4, -0.2) is 17.5 Å². The van der Waals surface area contributed by atoms with Crippen LogP contribution >= 0.6 is 11.6 Å². The van der Waals surface area contributed by atoms with Gasteiger partial charge in [-0.2, -0.15) is 10.7 Å². The summed E-state index contributed by atoms with van der Waals surface area (Å²) < 4.78 is 1.92. The van der Waals surface area contributed by atoms with Gasteiger partial charge in [-0.25, -0.2) is 0 Å². The number of halogens is 2. The smallest absolute Gasteiger partial charge is 0.199 e. The van der Waals surface area contributed by atoms with Crippen LogP contribution in [0, 0.1) is 17.2 Å². The predicted octanol–water partition coefficient (Wildman–Crippen LogP) is 3.47. The summed E-state index contributed by atoms with van der Waals surface area (Å²) in [5.74, 6) is -0.268. The van der Waals surface area contributed by atoms with E-state index in [2.05, 4.69) is 25.3 Å². The lowest BCUT2D eigenvalue weighted by molar-refractivity contribution is -0.654. The van der Waals surface area contributed by atoms with Gasteiger partial charge in [0.15, 0.2) is 12.4 Å². The Morgan fingerprint density at radius 3 is 2.00 bits per heavy atom. The molecule has 0 aliphatic heterocycles. The fraction of sp³-hybridized carbons (Fsp3) is 0.769. The van der Waals surface area contributed by atoms with E-state index >= 15 is 0 Å². The molecule has 1 aromatic heterocycles. The molecule has 0 aliphatic carbocycles. The van der Waals surface area contributed by atoms with Gasteiger partial charge in [0.05, 0.1) is 23.4 Å². The molecular weight excluding hydrogens is 439 g/mol. The quantitative estimate of drug-likeness (QED) is 0.179. The Morgan fingerprint density at radius 1 is 0.875 bits per heavy atom. The number of aromatic nitrogens is 1. The molecule has 0 radical (unpaired) electrons.